The highest BCUT2D eigenvalue weighted by Gasteiger charge is 2.34. The minimum absolute atomic E-state index is 0.881. The molecule has 0 saturated heterocycles. The second kappa shape index (κ2) is 31.6. The number of hydrogen-bond acceptors (Lipinski definition) is 6. The maximum absolute atomic E-state index is 6.74. The minimum atomic E-state index is 0.881. The molecule has 0 amide bonds. The Morgan fingerprint density at radius 1 is 0.208 bits per heavy atom. The zero-order valence-electron chi connectivity index (χ0n) is 78.0. The van der Waals surface area contributed by atoms with Crippen LogP contribution in [0.3, 0.4) is 0 Å². The molecular weight excluding hydrogens is 1770 g/mol. The number of para-hydroxylation sites is 5. The van der Waals surface area contributed by atoms with Crippen molar-refractivity contribution in [1.82, 2.24) is 9.55 Å². The summed E-state index contributed by atoms with van der Waals surface area (Å²) in [5, 5.41) is 27.7. The van der Waals surface area contributed by atoms with Gasteiger partial charge in [0.2, 0.25) is 0 Å². The molecule has 144 heavy (non-hydrogen) atoms. The molecule has 30 aromatic rings. The molecule has 0 atom stereocenters. The van der Waals surface area contributed by atoms with Gasteiger partial charge in [0.1, 0.15) is 44.7 Å². The molecule has 7 heterocycles. The van der Waals surface area contributed by atoms with Gasteiger partial charge in [-0.1, -0.05) is 334 Å². The van der Waals surface area contributed by atoms with E-state index in [1.54, 1.807) is 0 Å². The minimum Gasteiger partial charge on any atom is -0.456 e. The van der Waals surface area contributed by atoms with E-state index in [0.29, 0.717) is 0 Å². The van der Waals surface area contributed by atoms with Crippen LogP contribution in [-0.2, 0) is 25.7 Å². The van der Waals surface area contributed by atoms with Gasteiger partial charge in [-0.25, -0.2) is 0 Å². The second-order valence-electron chi connectivity index (χ2n) is 39.0. The summed E-state index contributed by atoms with van der Waals surface area (Å²) >= 11 is 1.86. The van der Waals surface area contributed by atoms with Gasteiger partial charge < -0.3 is 22.2 Å². The SMILES string of the molecule is c1ccc(-c2ccc3c(c2)Cc2c-3c3ccccc3c3c2oc2ccccc23)nc1.c1ccc(-n2c3ccccc3c3cc(-c4ccc5c(c4)-c4c(c6oc7ccccc7c6c6ccccc46)C5)ccc32)cc1.c1ccc2c(c1)Cc1c-2c2cc(-c3cccc4ccccc34)ccc2c2c1oc1ccccc12.c1ccc2c(c1)Cc1c-2c2ccccc2c2c1oc1cc(-c3ccc4sc5ccccc5c4c3)ccc12. The van der Waals surface area contributed by atoms with Crippen LogP contribution >= 0.6 is 11.3 Å². The Bertz CT molecular complexity index is 10800. The van der Waals surface area contributed by atoms with Gasteiger partial charge in [0, 0.05) is 139 Å². The largest absolute Gasteiger partial charge is 0.456 e. The summed E-state index contributed by atoms with van der Waals surface area (Å²) in [7, 11) is 0. The molecule has 4 aliphatic carbocycles. The highest BCUT2D eigenvalue weighted by Crippen LogP contribution is 2.56. The van der Waals surface area contributed by atoms with Crippen LogP contribution in [0, 0.1) is 0 Å². The van der Waals surface area contributed by atoms with E-state index in [-0.39, 0.29) is 0 Å². The van der Waals surface area contributed by atoms with Crippen molar-refractivity contribution < 1.29 is 17.7 Å². The van der Waals surface area contributed by atoms with Gasteiger partial charge in [-0.2, -0.15) is 0 Å². The summed E-state index contributed by atoms with van der Waals surface area (Å²) in [5.41, 5.74) is 42.5. The number of fused-ring (bicyclic) bond motifs is 47. The van der Waals surface area contributed by atoms with E-state index in [1.807, 2.05) is 35.7 Å². The van der Waals surface area contributed by atoms with Crippen LogP contribution in [-0.4, -0.2) is 9.55 Å². The lowest BCUT2D eigenvalue weighted by molar-refractivity contribution is 0.665. The van der Waals surface area contributed by atoms with Crippen molar-refractivity contribution in [3.8, 4) is 94.8 Å². The number of furan rings is 4. The van der Waals surface area contributed by atoms with Crippen molar-refractivity contribution in [1.29, 1.82) is 0 Å². The summed E-state index contributed by atoms with van der Waals surface area (Å²) in [6.07, 6.45) is 5.45. The number of nitrogens with zero attached hydrogens (tertiary/aromatic N) is 2. The Balaban J connectivity index is 0.0000000883. The van der Waals surface area contributed by atoms with Crippen molar-refractivity contribution in [3.05, 3.63) is 494 Å². The van der Waals surface area contributed by atoms with E-state index < -0.39 is 0 Å². The molecule has 0 unspecified atom stereocenters. The fourth-order valence-corrected chi connectivity index (χ4v) is 26.1. The summed E-state index contributed by atoms with van der Waals surface area (Å²) < 4.78 is 31.3. The van der Waals surface area contributed by atoms with Crippen LogP contribution in [0.5, 0.6) is 0 Å². The van der Waals surface area contributed by atoms with E-state index >= 15 is 0 Å². The number of hydrogen-bond donors (Lipinski definition) is 0. The third-order valence-electron chi connectivity index (χ3n) is 31.3. The molecule has 7 heteroatoms. The van der Waals surface area contributed by atoms with E-state index in [1.165, 1.54) is 267 Å². The Morgan fingerprint density at radius 3 is 1.23 bits per heavy atom. The molecule has 34 rings (SSSR count). The van der Waals surface area contributed by atoms with Gasteiger partial charge in [0.25, 0.3) is 0 Å². The predicted molar refractivity (Wildman–Crippen MR) is 602 cm³/mol. The number of pyridine rings is 1. The zero-order chi connectivity index (χ0) is 94.0. The standard InChI is InChI=1S/C41H25NO.C35H20OS.C33H20O.C28H17NO/c1-2-10-28(11-3-1)42-36-16-8-6-12-29(36)34-23-26(20-21-37(34)42)25-18-19-27-24-35-39(33(27)22-25)30-13-4-5-14-31(30)40-32-15-7-9-17-38(32)43-41(35)40;1-2-8-23-22(7-1)18-29-33(23)25-10-3-4-11-26(25)34-27-15-13-21(19-30(27)36-35(29)34)20-14-16-32-28(17-20)24-9-5-6-12-31(24)37-32;1-3-11-23-20(8-1)10-7-14-24(23)22-16-17-26-28(18-22)31-25-12-4-2-9-21(25)19-29(31)33-32(26)27-13-5-6-15-30(27)34-33;1-2-8-21-20(7-1)26-19-13-12-17(24-10-5-6-14-29-24)15-18(19)16-23(26)28-27(21)22-9-3-4-11-25(22)30-28/h1-23H,24H2;1-17,19H,18H2;1-18H,19H2;1-15H,16H2. The topological polar surface area (TPSA) is 70.4 Å². The molecule has 0 radical (unpaired) electrons. The summed E-state index contributed by atoms with van der Waals surface area (Å²) in [4.78, 5) is 4.53. The molecule has 0 aliphatic heterocycles. The number of rotatable bonds is 5. The molecule has 670 valence electrons. The van der Waals surface area contributed by atoms with Crippen molar-refractivity contribution in [3.63, 3.8) is 0 Å². The molecule has 0 spiro atoms. The first-order valence-electron chi connectivity index (χ1n) is 49.7. The fourth-order valence-electron chi connectivity index (χ4n) is 25.0. The molecule has 6 nitrogen and oxygen atoms in total. The normalized spacial score (nSPS) is 12.6. The second-order valence-corrected chi connectivity index (χ2v) is 40.1. The van der Waals surface area contributed by atoms with Gasteiger partial charge in [-0.15, -0.1) is 11.3 Å². The Labute approximate surface area is 830 Å². The van der Waals surface area contributed by atoms with Gasteiger partial charge >= 0.3 is 0 Å². The van der Waals surface area contributed by atoms with E-state index in [2.05, 4.69) is 434 Å². The lowest BCUT2D eigenvalue weighted by Crippen LogP contribution is -1.92. The van der Waals surface area contributed by atoms with Crippen molar-refractivity contribution in [2.24, 2.45) is 0 Å². The van der Waals surface area contributed by atoms with E-state index in [4.69, 9.17) is 17.7 Å². The number of benzene rings is 23. The van der Waals surface area contributed by atoms with E-state index in [9.17, 15) is 0 Å². The van der Waals surface area contributed by atoms with Crippen LogP contribution in [0.4, 0.5) is 0 Å². The highest BCUT2D eigenvalue weighted by molar-refractivity contribution is 7.25. The lowest BCUT2D eigenvalue weighted by Gasteiger charge is -2.13. The maximum atomic E-state index is 6.74. The number of thiophene rings is 1. The summed E-state index contributed by atoms with van der Waals surface area (Å²) in [6.45, 7) is 0. The summed E-state index contributed by atoms with van der Waals surface area (Å²) in [5.74, 6) is 0. The fraction of sp³-hybridized carbons (Fsp3) is 0.0292. The van der Waals surface area contributed by atoms with Gasteiger partial charge in [-0.3, -0.25) is 4.98 Å². The molecule has 23 aromatic carbocycles. The molecule has 4 aliphatic rings. The predicted octanol–water partition coefficient (Wildman–Crippen LogP) is 37.9. The van der Waals surface area contributed by atoms with Crippen molar-refractivity contribution in [2.45, 2.75) is 25.7 Å². The maximum Gasteiger partial charge on any atom is 0.140 e. The molecule has 0 fully saturated rings. The summed E-state index contributed by atoms with van der Waals surface area (Å²) in [6, 6.07) is 160. The van der Waals surface area contributed by atoms with Crippen LogP contribution < -0.4 is 0 Å². The van der Waals surface area contributed by atoms with Gasteiger partial charge in [0.15, 0.2) is 0 Å². The third-order valence-corrected chi connectivity index (χ3v) is 32.5. The lowest BCUT2D eigenvalue weighted by atomic mass is 9.90. The van der Waals surface area contributed by atoms with Crippen molar-refractivity contribution in [2.75, 3.05) is 0 Å². The molecule has 0 N–H and O–H groups in total. The monoisotopic (exact) mass is 1850 g/mol. The first-order chi connectivity index (χ1) is 71.4. The van der Waals surface area contributed by atoms with Gasteiger partial charge in [0.05, 0.1) is 16.7 Å². The first kappa shape index (κ1) is 80.7. The van der Waals surface area contributed by atoms with Crippen molar-refractivity contribution >= 4 is 195 Å². The quantitative estimate of drug-likeness (QED) is 0.172. The Kier molecular flexibility index (Phi) is 17.7. The van der Waals surface area contributed by atoms with Crippen LogP contribution in [0.15, 0.2) is 467 Å². The van der Waals surface area contributed by atoms with Crippen LogP contribution in [0.25, 0.3) is 278 Å². The average Bonchev–Trinajstić information content (AvgIpc) is 1.56. The van der Waals surface area contributed by atoms with E-state index in [0.717, 1.165) is 81.6 Å². The Morgan fingerprint density at radius 2 is 0.604 bits per heavy atom. The Hall–Kier alpha value is -18.3. The third kappa shape index (κ3) is 12.2. The van der Waals surface area contributed by atoms with Crippen LogP contribution in [0.1, 0.15) is 44.5 Å². The smallest absolute Gasteiger partial charge is 0.140 e. The molecule has 0 saturated carbocycles. The molecular formula is C137H82N2O4S. The van der Waals surface area contributed by atoms with Gasteiger partial charge in [-0.05, 0) is 263 Å². The average molecular weight is 1850 g/mol. The molecule has 7 aromatic heterocycles. The zero-order valence-corrected chi connectivity index (χ0v) is 78.8. The molecule has 0 bridgehead atoms. The van der Waals surface area contributed by atoms with Crippen LogP contribution in [0.2, 0.25) is 0 Å². The first-order valence-corrected chi connectivity index (χ1v) is 50.6. The highest BCUT2D eigenvalue weighted by atomic mass is 32.1. The number of aromatic nitrogens is 2.